The Balaban J connectivity index is 1.67. The minimum Gasteiger partial charge on any atom is -0.497 e. The van der Waals surface area contributed by atoms with E-state index in [2.05, 4.69) is 15.6 Å². The topological polar surface area (TPSA) is 147 Å². The molecule has 0 spiro atoms. The highest BCUT2D eigenvalue weighted by atomic mass is 16.6. The predicted octanol–water partition coefficient (Wildman–Crippen LogP) is 3.36. The zero-order chi connectivity index (χ0) is 26.4. The number of esters is 1. The van der Waals surface area contributed by atoms with Crippen LogP contribution >= 0.6 is 0 Å². The number of benzene rings is 2. The molecule has 1 N–H and O–H groups in total. The maximum Gasteiger partial charge on any atom is 0.343 e. The molecule has 12 nitrogen and oxygen atoms in total. The van der Waals surface area contributed by atoms with Gasteiger partial charge in [-0.2, -0.15) is 10.2 Å². The standard InChI is InChI=1S/C24H25N5O7/c1-14-22(29(32)33)15(2)28(27-14)16(3)23(30)26-25-13-17-6-11-20(21(12-17)35-5)36-24(31)18-7-9-19(34-4)10-8-18/h6-13,16H,1-5H3,(H,26,30)/b25-13+. The number of nitro groups is 1. The van der Waals surface area contributed by atoms with Crippen molar-refractivity contribution < 1.29 is 28.7 Å². The van der Waals surface area contributed by atoms with E-state index in [9.17, 15) is 19.7 Å². The van der Waals surface area contributed by atoms with Crippen molar-refractivity contribution >= 4 is 23.8 Å². The molecule has 0 fully saturated rings. The first-order valence-electron chi connectivity index (χ1n) is 10.7. The molecule has 188 valence electrons. The predicted molar refractivity (Wildman–Crippen MR) is 130 cm³/mol. The number of nitrogens with zero attached hydrogens (tertiary/aromatic N) is 4. The summed E-state index contributed by atoms with van der Waals surface area (Å²) in [5.41, 5.74) is 3.66. The Morgan fingerprint density at radius 1 is 1.11 bits per heavy atom. The molecular formula is C24H25N5O7. The van der Waals surface area contributed by atoms with Gasteiger partial charge in [0.2, 0.25) is 0 Å². The first kappa shape index (κ1) is 25.9. The van der Waals surface area contributed by atoms with E-state index in [0.29, 0.717) is 16.9 Å². The fraction of sp³-hybridized carbons (Fsp3) is 0.250. The number of methoxy groups -OCH3 is 2. The number of carbonyl (C=O) groups excluding carboxylic acids is 2. The van der Waals surface area contributed by atoms with Crippen LogP contribution in [0.4, 0.5) is 5.69 Å². The minimum atomic E-state index is -0.830. The van der Waals surface area contributed by atoms with E-state index in [-0.39, 0.29) is 28.6 Å². The third-order valence-electron chi connectivity index (χ3n) is 5.32. The van der Waals surface area contributed by atoms with Crippen LogP contribution in [0.3, 0.4) is 0 Å². The molecule has 1 aromatic heterocycles. The number of nitrogens with one attached hydrogen (secondary N) is 1. The Hall–Kier alpha value is -4.74. The molecule has 0 aliphatic heterocycles. The first-order valence-corrected chi connectivity index (χ1v) is 10.7. The molecular weight excluding hydrogens is 470 g/mol. The number of carbonyl (C=O) groups is 2. The third-order valence-corrected chi connectivity index (χ3v) is 5.32. The van der Waals surface area contributed by atoms with Crippen molar-refractivity contribution in [2.45, 2.75) is 26.8 Å². The number of aromatic nitrogens is 2. The summed E-state index contributed by atoms with van der Waals surface area (Å²) < 4.78 is 17.1. The number of hydrogen-bond donors (Lipinski definition) is 1. The Labute approximate surface area is 206 Å². The minimum absolute atomic E-state index is 0.127. The normalized spacial score (nSPS) is 11.7. The highest BCUT2D eigenvalue weighted by Gasteiger charge is 2.27. The van der Waals surface area contributed by atoms with Crippen LogP contribution in [0.1, 0.15) is 40.3 Å². The maximum absolute atomic E-state index is 12.5. The second-order valence-corrected chi connectivity index (χ2v) is 7.66. The van der Waals surface area contributed by atoms with Crippen LogP contribution < -0.4 is 19.6 Å². The Bertz CT molecular complexity index is 1320. The van der Waals surface area contributed by atoms with Gasteiger partial charge in [0.25, 0.3) is 5.91 Å². The summed E-state index contributed by atoms with van der Waals surface area (Å²) in [6.07, 6.45) is 1.38. The summed E-state index contributed by atoms with van der Waals surface area (Å²) in [4.78, 5) is 35.6. The number of hydrazone groups is 1. The maximum atomic E-state index is 12.5. The molecule has 1 heterocycles. The molecule has 2 aromatic carbocycles. The Morgan fingerprint density at radius 3 is 2.39 bits per heavy atom. The van der Waals surface area contributed by atoms with Crippen LogP contribution in [0.5, 0.6) is 17.2 Å². The largest absolute Gasteiger partial charge is 0.497 e. The highest BCUT2D eigenvalue weighted by molar-refractivity contribution is 5.92. The summed E-state index contributed by atoms with van der Waals surface area (Å²) in [7, 11) is 2.96. The van der Waals surface area contributed by atoms with Crippen LogP contribution in [-0.2, 0) is 4.79 Å². The van der Waals surface area contributed by atoms with Gasteiger partial charge < -0.3 is 14.2 Å². The molecule has 0 aliphatic carbocycles. The van der Waals surface area contributed by atoms with Crippen LogP contribution in [-0.4, -0.2) is 47.0 Å². The average Bonchev–Trinajstić information content (AvgIpc) is 3.17. The molecule has 12 heteroatoms. The summed E-state index contributed by atoms with van der Waals surface area (Å²) in [6, 6.07) is 10.4. The summed E-state index contributed by atoms with van der Waals surface area (Å²) in [5, 5.41) is 19.2. The summed E-state index contributed by atoms with van der Waals surface area (Å²) >= 11 is 0. The lowest BCUT2D eigenvalue weighted by Gasteiger charge is -2.12. The van der Waals surface area contributed by atoms with Gasteiger partial charge in [0.1, 0.15) is 23.2 Å². The lowest BCUT2D eigenvalue weighted by molar-refractivity contribution is -0.386. The average molecular weight is 495 g/mol. The number of aryl methyl sites for hydroxylation is 1. The SMILES string of the molecule is COc1ccc(C(=O)Oc2ccc(/C=N/NC(=O)C(C)n3nc(C)c([N+](=O)[O-])c3C)cc2OC)cc1. The monoisotopic (exact) mass is 495 g/mol. The summed E-state index contributed by atoms with van der Waals surface area (Å²) in [5.74, 6) is 0.0342. The lowest BCUT2D eigenvalue weighted by atomic mass is 10.2. The Morgan fingerprint density at radius 2 is 1.81 bits per heavy atom. The van der Waals surface area contributed by atoms with Gasteiger partial charge in [-0.3, -0.25) is 19.6 Å². The van der Waals surface area contributed by atoms with E-state index in [1.807, 2.05) is 0 Å². The van der Waals surface area contributed by atoms with Crippen molar-refractivity contribution in [2.75, 3.05) is 14.2 Å². The first-order chi connectivity index (χ1) is 17.2. The van der Waals surface area contributed by atoms with E-state index in [4.69, 9.17) is 14.2 Å². The van der Waals surface area contributed by atoms with Gasteiger partial charge in [0.15, 0.2) is 11.5 Å². The zero-order valence-corrected chi connectivity index (χ0v) is 20.3. The van der Waals surface area contributed by atoms with Gasteiger partial charge in [0, 0.05) is 0 Å². The highest BCUT2D eigenvalue weighted by Crippen LogP contribution is 2.29. The Kier molecular flexibility index (Phi) is 8.00. The van der Waals surface area contributed by atoms with E-state index >= 15 is 0 Å². The quantitative estimate of drug-likeness (QED) is 0.156. The molecule has 0 radical (unpaired) electrons. The molecule has 1 atom stereocenters. The van der Waals surface area contributed by atoms with Crippen molar-refractivity contribution in [3.63, 3.8) is 0 Å². The van der Waals surface area contributed by atoms with Crippen molar-refractivity contribution in [1.29, 1.82) is 0 Å². The lowest BCUT2D eigenvalue weighted by Crippen LogP contribution is -2.28. The number of ether oxygens (including phenoxy) is 3. The molecule has 0 saturated carbocycles. The molecule has 0 saturated heterocycles. The van der Waals surface area contributed by atoms with Gasteiger partial charge in [-0.05, 0) is 68.8 Å². The van der Waals surface area contributed by atoms with Crippen LogP contribution in [0.15, 0.2) is 47.6 Å². The van der Waals surface area contributed by atoms with Gasteiger partial charge >= 0.3 is 11.7 Å². The van der Waals surface area contributed by atoms with Crippen molar-refractivity contribution in [3.05, 3.63) is 75.1 Å². The van der Waals surface area contributed by atoms with Crippen molar-refractivity contribution in [3.8, 4) is 17.2 Å². The molecule has 36 heavy (non-hydrogen) atoms. The van der Waals surface area contributed by atoms with Crippen molar-refractivity contribution in [1.82, 2.24) is 15.2 Å². The number of hydrogen-bond acceptors (Lipinski definition) is 9. The van der Waals surface area contributed by atoms with E-state index in [1.54, 1.807) is 49.4 Å². The molecule has 0 aliphatic rings. The number of rotatable bonds is 9. The van der Waals surface area contributed by atoms with Gasteiger partial charge in [-0.25, -0.2) is 10.2 Å². The molecule has 0 bridgehead atoms. The molecule has 1 amide bonds. The smallest absolute Gasteiger partial charge is 0.343 e. The van der Waals surface area contributed by atoms with Gasteiger partial charge in [-0.15, -0.1) is 0 Å². The number of amides is 1. The zero-order valence-electron chi connectivity index (χ0n) is 20.3. The fourth-order valence-electron chi connectivity index (χ4n) is 3.41. The van der Waals surface area contributed by atoms with Gasteiger partial charge in [0.05, 0.1) is 30.9 Å². The van der Waals surface area contributed by atoms with Crippen LogP contribution in [0.2, 0.25) is 0 Å². The third kappa shape index (κ3) is 5.66. The molecule has 3 aromatic rings. The van der Waals surface area contributed by atoms with Gasteiger partial charge in [-0.1, -0.05) is 0 Å². The fourth-order valence-corrected chi connectivity index (χ4v) is 3.41. The second kappa shape index (κ2) is 11.1. The van der Waals surface area contributed by atoms with Crippen LogP contribution in [0.25, 0.3) is 0 Å². The van der Waals surface area contributed by atoms with E-state index in [1.165, 1.54) is 39.0 Å². The second-order valence-electron chi connectivity index (χ2n) is 7.66. The van der Waals surface area contributed by atoms with Crippen molar-refractivity contribution in [2.24, 2.45) is 5.10 Å². The van der Waals surface area contributed by atoms with E-state index in [0.717, 1.165) is 0 Å². The van der Waals surface area contributed by atoms with Crippen LogP contribution in [0, 0.1) is 24.0 Å². The molecule has 3 rings (SSSR count). The molecule has 1 unspecified atom stereocenters. The van der Waals surface area contributed by atoms with E-state index < -0.39 is 22.8 Å². The summed E-state index contributed by atoms with van der Waals surface area (Å²) in [6.45, 7) is 4.60.